The molecule has 0 atom stereocenters. The van der Waals surface area contributed by atoms with Crippen LogP contribution in [0.4, 0.5) is 15.8 Å². The number of nitrogens with zero attached hydrogens (tertiary/aromatic N) is 1. The number of anilines is 2. The number of ether oxygens (including phenoxy) is 1. The average molecular weight is 235 g/mol. The normalized spacial score (nSPS) is 13.7. The number of nitrogens with two attached hydrogens (primary N) is 1. The lowest BCUT2D eigenvalue weighted by atomic mass is 10.2. The number of hydrogen-bond donors (Lipinski definition) is 2. The van der Waals surface area contributed by atoms with E-state index in [9.17, 15) is 9.18 Å². The molecule has 0 saturated heterocycles. The summed E-state index contributed by atoms with van der Waals surface area (Å²) in [5.74, 6) is 6.98. The van der Waals surface area contributed by atoms with Gasteiger partial charge in [0.15, 0.2) is 12.4 Å². The number of terminal acetylenes is 1. The first-order valence-electron chi connectivity index (χ1n) is 4.84. The highest BCUT2D eigenvalue weighted by Gasteiger charge is 2.26. The Bertz CT molecular complexity index is 510. The zero-order valence-corrected chi connectivity index (χ0v) is 8.87. The number of nitrogens with one attached hydrogen (secondary N) is 1. The number of fused-ring (bicyclic) bond motifs is 1. The molecule has 0 spiro atoms. The Hall–Kier alpha value is -2.26. The zero-order valence-electron chi connectivity index (χ0n) is 8.87. The van der Waals surface area contributed by atoms with Crippen LogP contribution < -0.4 is 20.9 Å². The van der Waals surface area contributed by atoms with E-state index in [4.69, 9.17) is 17.0 Å². The number of nitrogen functional groups attached to an aromatic ring is 1. The Labute approximate surface area is 97.3 Å². The topological polar surface area (TPSA) is 67.6 Å². The van der Waals surface area contributed by atoms with E-state index < -0.39 is 5.82 Å². The van der Waals surface area contributed by atoms with Gasteiger partial charge in [-0.25, -0.2) is 4.39 Å². The number of amides is 1. The summed E-state index contributed by atoms with van der Waals surface area (Å²) in [5.41, 5.74) is 2.69. The van der Waals surface area contributed by atoms with Gasteiger partial charge in [0.2, 0.25) is 0 Å². The largest absolute Gasteiger partial charge is 0.481 e. The third-order valence-electron chi connectivity index (χ3n) is 2.40. The van der Waals surface area contributed by atoms with Crippen LogP contribution in [0.25, 0.3) is 0 Å². The fraction of sp³-hybridized carbons (Fsp3) is 0.182. The first-order valence-corrected chi connectivity index (χ1v) is 4.84. The molecule has 0 aromatic heterocycles. The number of carbonyl (C=O) groups is 1. The van der Waals surface area contributed by atoms with Gasteiger partial charge in [0.25, 0.3) is 5.91 Å². The van der Waals surface area contributed by atoms with E-state index in [-0.39, 0.29) is 30.5 Å². The minimum Gasteiger partial charge on any atom is -0.481 e. The van der Waals surface area contributed by atoms with Gasteiger partial charge in [-0.1, -0.05) is 5.92 Å². The predicted molar refractivity (Wildman–Crippen MR) is 60.9 cm³/mol. The van der Waals surface area contributed by atoms with Gasteiger partial charge in [-0.3, -0.25) is 15.5 Å². The maximum atomic E-state index is 13.4. The molecule has 0 bridgehead atoms. The van der Waals surface area contributed by atoms with E-state index in [0.29, 0.717) is 5.69 Å². The third kappa shape index (κ3) is 1.88. The number of carbonyl (C=O) groups excluding carboxylic acids is 1. The van der Waals surface area contributed by atoms with E-state index >= 15 is 0 Å². The fourth-order valence-corrected chi connectivity index (χ4v) is 1.60. The van der Waals surface area contributed by atoms with Gasteiger partial charge in [-0.2, -0.15) is 0 Å². The lowest BCUT2D eigenvalue weighted by Crippen LogP contribution is -2.39. The van der Waals surface area contributed by atoms with Crippen molar-refractivity contribution in [3.8, 4) is 18.1 Å². The molecule has 2 rings (SSSR count). The van der Waals surface area contributed by atoms with Gasteiger partial charge in [-0.15, -0.1) is 6.42 Å². The molecule has 5 nitrogen and oxygen atoms in total. The Morgan fingerprint density at radius 1 is 1.65 bits per heavy atom. The first-order chi connectivity index (χ1) is 8.17. The number of benzene rings is 1. The SMILES string of the molecule is C#CCN1C(=O)COc2cc(F)c(NN)cc21. The molecule has 6 heteroatoms. The molecule has 88 valence electrons. The van der Waals surface area contributed by atoms with Crippen LogP contribution in [0.3, 0.4) is 0 Å². The van der Waals surface area contributed by atoms with Crippen LogP contribution >= 0.6 is 0 Å². The van der Waals surface area contributed by atoms with Crippen LogP contribution in [0.2, 0.25) is 0 Å². The van der Waals surface area contributed by atoms with Crippen LogP contribution in [0, 0.1) is 18.2 Å². The standard InChI is InChI=1S/C11H10FN3O2/c1-2-3-15-9-5-8(14-13)7(12)4-10(9)17-6-11(15)16/h1,4-5,14H,3,6,13H2. The van der Waals surface area contributed by atoms with Crippen molar-refractivity contribution in [2.24, 2.45) is 5.84 Å². The van der Waals surface area contributed by atoms with Crippen molar-refractivity contribution >= 4 is 17.3 Å². The zero-order chi connectivity index (χ0) is 12.4. The molecule has 1 aromatic carbocycles. The molecule has 1 aliphatic rings. The number of halogens is 1. The Balaban J connectivity index is 2.51. The Morgan fingerprint density at radius 2 is 2.41 bits per heavy atom. The van der Waals surface area contributed by atoms with Crippen LogP contribution in [-0.2, 0) is 4.79 Å². The molecule has 1 aliphatic heterocycles. The van der Waals surface area contributed by atoms with Gasteiger partial charge in [-0.05, 0) is 6.07 Å². The second-order valence-electron chi connectivity index (χ2n) is 3.42. The average Bonchev–Trinajstić information content (AvgIpc) is 2.32. The highest BCUT2D eigenvalue weighted by Crippen LogP contribution is 2.35. The molecule has 0 radical (unpaired) electrons. The van der Waals surface area contributed by atoms with Crippen molar-refractivity contribution in [1.82, 2.24) is 0 Å². The van der Waals surface area contributed by atoms with Crippen LogP contribution in [0.5, 0.6) is 5.75 Å². The maximum absolute atomic E-state index is 13.4. The van der Waals surface area contributed by atoms with Gasteiger partial charge in [0, 0.05) is 6.07 Å². The molecule has 1 heterocycles. The molecule has 1 aromatic rings. The fourth-order valence-electron chi connectivity index (χ4n) is 1.60. The Morgan fingerprint density at radius 3 is 3.06 bits per heavy atom. The highest BCUT2D eigenvalue weighted by atomic mass is 19.1. The minimum atomic E-state index is -0.554. The smallest absolute Gasteiger partial charge is 0.265 e. The molecule has 0 saturated carbocycles. The van der Waals surface area contributed by atoms with Crippen LogP contribution in [0.15, 0.2) is 12.1 Å². The Kier molecular flexibility index (Phi) is 2.85. The summed E-state index contributed by atoms with van der Waals surface area (Å²) in [6.07, 6.45) is 5.18. The number of hydrogen-bond acceptors (Lipinski definition) is 4. The van der Waals surface area contributed by atoms with Crippen LogP contribution in [0.1, 0.15) is 0 Å². The number of rotatable bonds is 2. The summed E-state index contributed by atoms with van der Waals surface area (Å²) in [4.78, 5) is 12.9. The van der Waals surface area contributed by atoms with E-state index in [1.54, 1.807) is 0 Å². The van der Waals surface area contributed by atoms with Gasteiger partial charge < -0.3 is 10.2 Å². The minimum absolute atomic E-state index is 0.0732. The van der Waals surface area contributed by atoms with Gasteiger partial charge in [0.1, 0.15) is 5.75 Å². The van der Waals surface area contributed by atoms with Gasteiger partial charge in [0.05, 0.1) is 17.9 Å². The monoisotopic (exact) mass is 235 g/mol. The summed E-state index contributed by atoms with van der Waals surface area (Å²) >= 11 is 0. The van der Waals surface area contributed by atoms with Crippen molar-refractivity contribution in [2.75, 3.05) is 23.5 Å². The van der Waals surface area contributed by atoms with Gasteiger partial charge >= 0.3 is 0 Å². The van der Waals surface area contributed by atoms with Crippen molar-refractivity contribution in [3.63, 3.8) is 0 Å². The summed E-state index contributed by atoms with van der Waals surface area (Å²) in [6, 6.07) is 2.56. The summed E-state index contributed by atoms with van der Waals surface area (Å²) in [6.45, 7) is -0.0473. The van der Waals surface area contributed by atoms with E-state index in [1.165, 1.54) is 17.0 Å². The second kappa shape index (κ2) is 4.31. The molecular formula is C11H10FN3O2. The molecule has 17 heavy (non-hydrogen) atoms. The molecule has 3 N–H and O–H groups in total. The lowest BCUT2D eigenvalue weighted by molar-refractivity contribution is -0.121. The summed E-state index contributed by atoms with van der Waals surface area (Å²) in [7, 11) is 0. The van der Waals surface area contributed by atoms with Crippen LogP contribution in [-0.4, -0.2) is 19.1 Å². The predicted octanol–water partition coefficient (Wildman–Crippen LogP) is 0.470. The first kappa shape index (κ1) is 11.2. The van der Waals surface area contributed by atoms with E-state index in [1.807, 2.05) is 0 Å². The van der Waals surface area contributed by atoms with Crippen molar-refractivity contribution < 1.29 is 13.9 Å². The van der Waals surface area contributed by atoms with Crippen molar-refractivity contribution in [2.45, 2.75) is 0 Å². The van der Waals surface area contributed by atoms with E-state index in [0.717, 1.165) is 0 Å². The summed E-state index contributed by atoms with van der Waals surface area (Å²) < 4.78 is 18.5. The molecule has 0 unspecified atom stereocenters. The molecule has 0 fully saturated rings. The van der Waals surface area contributed by atoms with Crippen molar-refractivity contribution in [3.05, 3.63) is 17.9 Å². The quantitative estimate of drug-likeness (QED) is 0.444. The highest BCUT2D eigenvalue weighted by molar-refractivity contribution is 5.98. The lowest BCUT2D eigenvalue weighted by Gasteiger charge is -2.28. The van der Waals surface area contributed by atoms with Crippen molar-refractivity contribution in [1.29, 1.82) is 0 Å². The van der Waals surface area contributed by atoms with E-state index in [2.05, 4.69) is 11.3 Å². The maximum Gasteiger partial charge on any atom is 0.265 e. The third-order valence-corrected chi connectivity index (χ3v) is 2.40. The number of hydrazine groups is 1. The molecular weight excluding hydrogens is 225 g/mol. The molecule has 1 amide bonds. The summed E-state index contributed by atoms with van der Waals surface area (Å²) in [5, 5.41) is 0. The second-order valence-corrected chi connectivity index (χ2v) is 3.42. The molecule has 0 aliphatic carbocycles.